The first-order valence-corrected chi connectivity index (χ1v) is 13.0. The molecule has 2 heterocycles. The quantitative estimate of drug-likeness (QED) is 0.554. The van der Waals surface area contributed by atoms with Crippen molar-refractivity contribution in [1.82, 2.24) is 9.80 Å². The van der Waals surface area contributed by atoms with Crippen molar-refractivity contribution in [2.45, 2.75) is 90.4 Å². The lowest BCUT2D eigenvalue weighted by Gasteiger charge is -2.40. The average molecular weight is 435 g/mol. The number of ether oxygens (including phenoxy) is 2. The van der Waals surface area contributed by atoms with Crippen molar-refractivity contribution in [2.75, 3.05) is 13.5 Å². The van der Waals surface area contributed by atoms with Gasteiger partial charge in [-0.3, -0.25) is 9.80 Å². The topological polar surface area (TPSA) is 24.9 Å². The van der Waals surface area contributed by atoms with Gasteiger partial charge in [-0.25, -0.2) is 0 Å². The molecule has 0 aromatic heterocycles. The second kappa shape index (κ2) is 8.53. The Kier molecular flexibility index (Phi) is 5.55. The highest BCUT2D eigenvalue weighted by molar-refractivity contribution is 5.94. The van der Waals surface area contributed by atoms with Crippen molar-refractivity contribution in [3.63, 3.8) is 0 Å². The minimum Gasteiger partial charge on any atom is -0.478 e. The van der Waals surface area contributed by atoms with E-state index >= 15 is 0 Å². The first kappa shape index (κ1) is 20.8. The number of hydrogen-bond acceptors (Lipinski definition) is 4. The van der Waals surface area contributed by atoms with Gasteiger partial charge in [-0.2, -0.15) is 0 Å². The minimum atomic E-state index is 0.655. The Balaban J connectivity index is 1.27. The molecular weight excluding hydrogens is 396 g/mol. The fourth-order valence-corrected chi connectivity index (χ4v) is 6.81. The zero-order valence-electron chi connectivity index (χ0n) is 19.8. The lowest BCUT2D eigenvalue weighted by Crippen LogP contribution is -2.43. The molecule has 4 nitrogen and oxygen atoms in total. The molecule has 4 heteroatoms. The standard InChI is InChI=1S/C28H38N2O2/c1-19-5-3-7-22(13-19)29-15-21-9-10-24-25(28(21)32-18-29)11-12-27-26(24)16-30(17-31-27)23-8-4-6-20(2)14-23/h9-12,19-20,22-23H,3-8,13-18H2,1-2H3. The van der Waals surface area contributed by atoms with Crippen LogP contribution in [0.25, 0.3) is 10.8 Å². The van der Waals surface area contributed by atoms with Gasteiger partial charge in [0.15, 0.2) is 0 Å². The molecule has 0 radical (unpaired) electrons. The van der Waals surface area contributed by atoms with E-state index in [1.165, 1.54) is 73.3 Å². The maximum atomic E-state index is 6.46. The van der Waals surface area contributed by atoms with Crippen LogP contribution in [-0.4, -0.2) is 35.3 Å². The zero-order chi connectivity index (χ0) is 21.7. The molecule has 0 amide bonds. The summed E-state index contributed by atoms with van der Waals surface area (Å²) in [4.78, 5) is 5.14. The van der Waals surface area contributed by atoms with Crippen LogP contribution in [0.2, 0.25) is 0 Å². The molecule has 2 aliphatic carbocycles. The summed E-state index contributed by atoms with van der Waals surface area (Å²) in [6, 6.07) is 10.4. The van der Waals surface area contributed by atoms with Crippen LogP contribution in [0, 0.1) is 11.8 Å². The van der Waals surface area contributed by atoms with Crippen LogP contribution in [0.1, 0.15) is 76.3 Å². The van der Waals surface area contributed by atoms with E-state index in [4.69, 9.17) is 9.47 Å². The van der Waals surface area contributed by atoms with E-state index in [2.05, 4.69) is 47.9 Å². The zero-order valence-corrected chi connectivity index (χ0v) is 19.8. The van der Waals surface area contributed by atoms with Gasteiger partial charge in [0.05, 0.1) is 0 Å². The third kappa shape index (κ3) is 3.80. The number of nitrogens with zero attached hydrogens (tertiary/aromatic N) is 2. The molecular formula is C28H38N2O2. The summed E-state index contributed by atoms with van der Waals surface area (Å²) in [5.41, 5.74) is 2.69. The van der Waals surface area contributed by atoms with Crippen LogP contribution in [0.15, 0.2) is 24.3 Å². The second-order valence-electron chi connectivity index (χ2n) is 11.1. The highest BCUT2D eigenvalue weighted by Crippen LogP contribution is 2.42. The van der Waals surface area contributed by atoms with Crippen LogP contribution >= 0.6 is 0 Å². The fourth-order valence-electron chi connectivity index (χ4n) is 6.81. The summed E-state index contributed by atoms with van der Waals surface area (Å²) in [6.07, 6.45) is 10.7. The van der Waals surface area contributed by atoms with E-state index < -0.39 is 0 Å². The summed E-state index contributed by atoms with van der Waals surface area (Å²) in [7, 11) is 0. The van der Waals surface area contributed by atoms with Gasteiger partial charge in [0, 0.05) is 41.7 Å². The largest absolute Gasteiger partial charge is 0.478 e. The van der Waals surface area contributed by atoms with E-state index in [9.17, 15) is 0 Å². The molecule has 2 saturated carbocycles. The summed E-state index contributed by atoms with van der Waals surface area (Å²) in [6.45, 7) is 8.27. The first-order chi connectivity index (χ1) is 15.7. The van der Waals surface area contributed by atoms with Gasteiger partial charge in [0.1, 0.15) is 25.0 Å². The molecule has 32 heavy (non-hydrogen) atoms. The van der Waals surface area contributed by atoms with Crippen molar-refractivity contribution < 1.29 is 9.47 Å². The van der Waals surface area contributed by atoms with Gasteiger partial charge in [0.25, 0.3) is 0 Å². The molecule has 172 valence electrons. The molecule has 2 fully saturated rings. The van der Waals surface area contributed by atoms with Gasteiger partial charge in [-0.05, 0) is 55.0 Å². The molecule has 4 atom stereocenters. The molecule has 4 aliphatic rings. The molecule has 4 unspecified atom stereocenters. The maximum absolute atomic E-state index is 6.46. The second-order valence-corrected chi connectivity index (χ2v) is 11.1. The van der Waals surface area contributed by atoms with Crippen LogP contribution in [0.3, 0.4) is 0 Å². The molecule has 0 N–H and O–H groups in total. The van der Waals surface area contributed by atoms with Gasteiger partial charge < -0.3 is 9.47 Å². The highest BCUT2D eigenvalue weighted by Gasteiger charge is 2.32. The van der Waals surface area contributed by atoms with Gasteiger partial charge >= 0.3 is 0 Å². The van der Waals surface area contributed by atoms with Gasteiger partial charge in [-0.15, -0.1) is 0 Å². The maximum Gasteiger partial charge on any atom is 0.142 e. The third-order valence-electron chi connectivity index (χ3n) is 8.65. The Morgan fingerprint density at radius 2 is 1.38 bits per heavy atom. The Hall–Kier alpha value is -1.78. The average Bonchev–Trinajstić information content (AvgIpc) is 2.83. The van der Waals surface area contributed by atoms with E-state index in [1.807, 2.05) is 0 Å². The van der Waals surface area contributed by atoms with E-state index in [0.717, 1.165) is 49.9 Å². The van der Waals surface area contributed by atoms with Crippen molar-refractivity contribution in [2.24, 2.45) is 11.8 Å². The van der Waals surface area contributed by atoms with E-state index in [1.54, 1.807) is 0 Å². The monoisotopic (exact) mass is 434 g/mol. The Labute approximate surface area is 192 Å². The van der Waals surface area contributed by atoms with Crippen LogP contribution < -0.4 is 9.47 Å². The van der Waals surface area contributed by atoms with Crippen molar-refractivity contribution in [1.29, 1.82) is 0 Å². The lowest BCUT2D eigenvalue weighted by molar-refractivity contribution is 0.0318. The van der Waals surface area contributed by atoms with Crippen LogP contribution in [0.5, 0.6) is 11.5 Å². The van der Waals surface area contributed by atoms with Crippen LogP contribution in [-0.2, 0) is 13.1 Å². The molecule has 0 spiro atoms. The van der Waals surface area contributed by atoms with Crippen molar-refractivity contribution >= 4 is 10.8 Å². The number of hydrogen-bond donors (Lipinski definition) is 0. The summed E-state index contributed by atoms with van der Waals surface area (Å²) >= 11 is 0. The fraction of sp³-hybridized carbons (Fsp3) is 0.643. The third-order valence-corrected chi connectivity index (χ3v) is 8.65. The Bertz CT molecular complexity index is 989. The minimum absolute atomic E-state index is 0.655. The Morgan fingerprint density at radius 3 is 2.09 bits per heavy atom. The van der Waals surface area contributed by atoms with Crippen molar-refractivity contribution in [3.05, 3.63) is 35.4 Å². The number of benzene rings is 2. The number of rotatable bonds is 2. The summed E-state index contributed by atoms with van der Waals surface area (Å²) in [5.74, 6) is 3.84. The van der Waals surface area contributed by atoms with Crippen molar-refractivity contribution in [3.8, 4) is 11.5 Å². The molecule has 2 aliphatic heterocycles. The highest BCUT2D eigenvalue weighted by atomic mass is 16.5. The number of fused-ring (bicyclic) bond motifs is 5. The van der Waals surface area contributed by atoms with Gasteiger partial charge in [0.2, 0.25) is 0 Å². The van der Waals surface area contributed by atoms with E-state index in [-0.39, 0.29) is 0 Å². The van der Waals surface area contributed by atoms with E-state index in [0.29, 0.717) is 12.1 Å². The first-order valence-electron chi connectivity index (χ1n) is 13.0. The lowest BCUT2D eigenvalue weighted by atomic mass is 9.85. The Morgan fingerprint density at radius 1 is 0.719 bits per heavy atom. The van der Waals surface area contributed by atoms with Gasteiger partial charge in [-0.1, -0.05) is 51.7 Å². The summed E-state index contributed by atoms with van der Waals surface area (Å²) < 4.78 is 12.7. The molecule has 0 bridgehead atoms. The predicted molar refractivity (Wildman–Crippen MR) is 129 cm³/mol. The summed E-state index contributed by atoms with van der Waals surface area (Å²) in [5, 5.41) is 2.58. The normalized spacial score (nSPS) is 31.4. The smallest absolute Gasteiger partial charge is 0.142 e. The molecule has 6 rings (SSSR count). The molecule has 2 aromatic carbocycles. The SMILES string of the molecule is CC1CCCC(N2COc3c(ccc4c5c(ccc34)OCN(C3CCCC(C)C3)C5)C2)C1. The molecule has 0 saturated heterocycles. The van der Waals surface area contributed by atoms with Crippen LogP contribution in [0.4, 0.5) is 0 Å². The predicted octanol–water partition coefficient (Wildman–Crippen LogP) is 6.30. The molecule has 2 aromatic rings.